The minimum absolute atomic E-state index is 0.232. The summed E-state index contributed by atoms with van der Waals surface area (Å²) in [5, 5.41) is 0. The molecule has 0 amide bonds. The van der Waals surface area contributed by atoms with E-state index >= 15 is 0 Å². The number of nitrogens with zero attached hydrogens (tertiary/aromatic N) is 2. The third-order valence-corrected chi connectivity index (χ3v) is 4.54. The molecule has 1 aromatic heterocycles. The van der Waals surface area contributed by atoms with E-state index in [2.05, 4.69) is 15.0 Å². The number of aromatic nitrogens is 2. The Morgan fingerprint density at radius 3 is 2.88 bits per heavy atom. The van der Waals surface area contributed by atoms with Gasteiger partial charge in [-0.15, -0.1) is 0 Å². The van der Waals surface area contributed by atoms with Crippen molar-refractivity contribution >= 4 is 0 Å². The van der Waals surface area contributed by atoms with E-state index in [0.717, 1.165) is 17.7 Å². The molecular weight excluding hydrogens is 200 g/mol. The molecule has 0 aromatic carbocycles. The molecule has 16 heavy (non-hydrogen) atoms. The predicted octanol–water partition coefficient (Wildman–Crippen LogP) is 1.36. The summed E-state index contributed by atoms with van der Waals surface area (Å²) in [7, 11) is 2.04. The van der Waals surface area contributed by atoms with Crippen LogP contribution in [0.4, 0.5) is 0 Å². The van der Waals surface area contributed by atoms with Gasteiger partial charge >= 0.3 is 0 Å². The molecule has 4 unspecified atom stereocenters. The van der Waals surface area contributed by atoms with Crippen molar-refractivity contribution in [2.45, 2.75) is 31.7 Å². The lowest BCUT2D eigenvalue weighted by Crippen LogP contribution is -2.37. The molecule has 1 heterocycles. The minimum atomic E-state index is 0.232. The normalized spacial score (nSPS) is 34.5. The van der Waals surface area contributed by atoms with E-state index in [4.69, 9.17) is 5.84 Å². The van der Waals surface area contributed by atoms with Crippen LogP contribution in [0.15, 0.2) is 12.4 Å². The Labute approximate surface area is 96.2 Å². The van der Waals surface area contributed by atoms with E-state index in [9.17, 15) is 0 Å². The lowest BCUT2D eigenvalue weighted by molar-refractivity contribution is 0.241. The van der Waals surface area contributed by atoms with E-state index in [1.807, 2.05) is 19.4 Å². The third-order valence-electron chi connectivity index (χ3n) is 4.54. The van der Waals surface area contributed by atoms with E-state index < -0.39 is 0 Å². The number of hydrogen-bond acceptors (Lipinski definition) is 3. The number of nitrogens with one attached hydrogen (secondary N) is 1. The van der Waals surface area contributed by atoms with Crippen molar-refractivity contribution in [1.82, 2.24) is 15.0 Å². The summed E-state index contributed by atoms with van der Waals surface area (Å²) >= 11 is 0. The molecule has 3 N–H and O–H groups in total. The molecule has 0 aliphatic heterocycles. The maximum Gasteiger partial charge on any atom is 0.127 e. The summed E-state index contributed by atoms with van der Waals surface area (Å²) in [6.45, 7) is 0. The van der Waals surface area contributed by atoms with E-state index in [1.54, 1.807) is 0 Å². The summed E-state index contributed by atoms with van der Waals surface area (Å²) in [5.74, 6) is 9.32. The molecular formula is C12H20N4. The second kappa shape index (κ2) is 3.86. The first kappa shape index (κ1) is 10.3. The monoisotopic (exact) mass is 220 g/mol. The van der Waals surface area contributed by atoms with Gasteiger partial charge in [0, 0.05) is 19.4 Å². The zero-order valence-electron chi connectivity index (χ0n) is 9.76. The molecule has 2 aliphatic carbocycles. The Kier molecular flexibility index (Phi) is 2.48. The van der Waals surface area contributed by atoms with Gasteiger partial charge < -0.3 is 4.57 Å². The Bertz CT molecular complexity index is 373. The van der Waals surface area contributed by atoms with Crippen LogP contribution >= 0.6 is 0 Å². The average molecular weight is 220 g/mol. The van der Waals surface area contributed by atoms with Crippen molar-refractivity contribution in [2.24, 2.45) is 30.6 Å². The van der Waals surface area contributed by atoms with Crippen LogP contribution < -0.4 is 11.3 Å². The van der Waals surface area contributed by atoms with Gasteiger partial charge in [0.1, 0.15) is 5.82 Å². The highest BCUT2D eigenvalue weighted by atomic mass is 15.3. The number of rotatable bonds is 3. The van der Waals surface area contributed by atoms with Crippen molar-refractivity contribution in [3.63, 3.8) is 0 Å². The van der Waals surface area contributed by atoms with Crippen LogP contribution in [0.25, 0.3) is 0 Å². The molecule has 4 atom stereocenters. The van der Waals surface area contributed by atoms with Crippen molar-refractivity contribution in [2.75, 3.05) is 0 Å². The highest BCUT2D eigenvalue weighted by Crippen LogP contribution is 2.52. The van der Waals surface area contributed by atoms with Gasteiger partial charge in [-0.05, 0) is 37.0 Å². The Balaban J connectivity index is 1.84. The van der Waals surface area contributed by atoms with Gasteiger partial charge in [-0.1, -0.05) is 6.42 Å². The van der Waals surface area contributed by atoms with Crippen LogP contribution in [0.2, 0.25) is 0 Å². The lowest BCUT2D eigenvalue weighted by atomic mass is 9.83. The van der Waals surface area contributed by atoms with Gasteiger partial charge in [0.2, 0.25) is 0 Å². The number of hydrogen-bond donors (Lipinski definition) is 2. The highest BCUT2D eigenvalue weighted by molar-refractivity contribution is 5.05. The maximum atomic E-state index is 5.74. The van der Waals surface area contributed by atoms with Gasteiger partial charge in [0.25, 0.3) is 0 Å². The molecule has 4 heteroatoms. The van der Waals surface area contributed by atoms with Crippen molar-refractivity contribution in [3.8, 4) is 0 Å². The summed E-state index contributed by atoms with van der Waals surface area (Å²) in [6, 6.07) is 0.232. The summed E-state index contributed by atoms with van der Waals surface area (Å²) in [4.78, 5) is 4.44. The van der Waals surface area contributed by atoms with Gasteiger partial charge in [-0.3, -0.25) is 5.84 Å². The van der Waals surface area contributed by atoms with Gasteiger partial charge in [0.05, 0.1) is 6.04 Å². The zero-order chi connectivity index (χ0) is 11.1. The third kappa shape index (κ3) is 1.48. The van der Waals surface area contributed by atoms with Crippen LogP contribution in [0.1, 0.15) is 37.5 Å². The smallest absolute Gasteiger partial charge is 0.127 e. The van der Waals surface area contributed by atoms with Crippen LogP contribution in [0.3, 0.4) is 0 Å². The van der Waals surface area contributed by atoms with Crippen molar-refractivity contribution in [3.05, 3.63) is 18.2 Å². The lowest BCUT2D eigenvalue weighted by Gasteiger charge is -2.29. The predicted molar refractivity (Wildman–Crippen MR) is 62.2 cm³/mol. The number of aryl methyl sites for hydroxylation is 1. The first-order valence-electron chi connectivity index (χ1n) is 6.23. The molecule has 2 fully saturated rings. The Hall–Kier alpha value is -0.870. The number of hydrazine groups is 1. The van der Waals surface area contributed by atoms with Crippen LogP contribution in [-0.2, 0) is 7.05 Å². The Morgan fingerprint density at radius 2 is 2.38 bits per heavy atom. The number of imidazole rings is 1. The zero-order valence-corrected chi connectivity index (χ0v) is 9.76. The molecule has 1 aromatic rings. The topological polar surface area (TPSA) is 55.9 Å². The number of fused-ring (bicyclic) bond motifs is 2. The minimum Gasteiger partial charge on any atom is -0.337 e. The fraction of sp³-hybridized carbons (Fsp3) is 0.750. The van der Waals surface area contributed by atoms with Gasteiger partial charge in [-0.2, -0.15) is 0 Å². The quantitative estimate of drug-likeness (QED) is 0.597. The molecule has 4 nitrogen and oxygen atoms in total. The highest BCUT2D eigenvalue weighted by Gasteiger charge is 2.44. The first-order chi connectivity index (χ1) is 7.79. The van der Waals surface area contributed by atoms with Gasteiger partial charge in [-0.25, -0.2) is 10.4 Å². The molecule has 2 saturated carbocycles. The molecule has 88 valence electrons. The number of nitrogens with two attached hydrogens (primary N) is 1. The fourth-order valence-electron chi connectivity index (χ4n) is 3.77. The first-order valence-corrected chi connectivity index (χ1v) is 6.23. The second-order valence-electron chi connectivity index (χ2n) is 5.38. The molecule has 0 spiro atoms. The van der Waals surface area contributed by atoms with E-state index in [0.29, 0.717) is 5.92 Å². The van der Waals surface area contributed by atoms with E-state index in [1.165, 1.54) is 25.7 Å². The molecule has 3 rings (SSSR count). The summed E-state index contributed by atoms with van der Waals surface area (Å²) < 4.78 is 2.08. The van der Waals surface area contributed by atoms with Crippen LogP contribution in [-0.4, -0.2) is 9.55 Å². The largest absolute Gasteiger partial charge is 0.337 e. The molecule has 0 radical (unpaired) electrons. The van der Waals surface area contributed by atoms with E-state index in [-0.39, 0.29) is 6.04 Å². The summed E-state index contributed by atoms with van der Waals surface area (Å²) in [6.07, 6.45) is 9.40. The standard InChI is InChI=1S/C12H20N4/c1-16-5-4-14-12(16)11(15-13)10-7-8-2-3-9(10)6-8/h4-5,8-11,15H,2-3,6-7,13H2,1H3. The molecule has 2 bridgehead atoms. The average Bonchev–Trinajstić information content (AvgIpc) is 2.97. The van der Waals surface area contributed by atoms with Gasteiger partial charge in [0.15, 0.2) is 0 Å². The Morgan fingerprint density at radius 1 is 1.50 bits per heavy atom. The van der Waals surface area contributed by atoms with Crippen LogP contribution in [0.5, 0.6) is 0 Å². The van der Waals surface area contributed by atoms with Crippen molar-refractivity contribution < 1.29 is 0 Å². The van der Waals surface area contributed by atoms with Crippen molar-refractivity contribution in [1.29, 1.82) is 0 Å². The fourth-order valence-corrected chi connectivity index (χ4v) is 3.77. The SMILES string of the molecule is Cn1ccnc1C(NN)C1CC2CCC1C2. The summed E-state index contributed by atoms with van der Waals surface area (Å²) in [5.41, 5.74) is 2.99. The second-order valence-corrected chi connectivity index (χ2v) is 5.38. The van der Waals surface area contributed by atoms with Crippen LogP contribution in [0, 0.1) is 17.8 Å². The molecule has 2 aliphatic rings. The maximum absolute atomic E-state index is 5.74. The molecule has 0 saturated heterocycles.